The van der Waals surface area contributed by atoms with Gasteiger partial charge in [-0.25, -0.2) is 9.18 Å². The van der Waals surface area contributed by atoms with E-state index in [-0.39, 0.29) is 16.9 Å². The zero-order valence-electron chi connectivity index (χ0n) is 16.6. The van der Waals surface area contributed by atoms with E-state index in [0.29, 0.717) is 11.2 Å². The van der Waals surface area contributed by atoms with Crippen LogP contribution in [0.1, 0.15) is 59.5 Å². The van der Waals surface area contributed by atoms with Crippen LogP contribution in [0, 0.1) is 18.2 Å². The number of nitrogens with zero attached hydrogens (tertiary/aromatic N) is 2. The molecule has 1 aliphatic carbocycles. The number of carboxylic acid groups (broad SMARTS) is 1. The quantitative estimate of drug-likeness (QED) is 0.830. The maximum atomic E-state index is 15.3. The minimum atomic E-state index is -1.26. The van der Waals surface area contributed by atoms with Crippen molar-refractivity contribution in [1.29, 1.82) is 0 Å². The number of aromatic carboxylic acids is 1. The normalized spacial score (nSPS) is 21.2. The van der Waals surface area contributed by atoms with Gasteiger partial charge in [-0.2, -0.15) is 0 Å². The molecule has 1 saturated carbocycles. The Balaban J connectivity index is 1.66. The summed E-state index contributed by atoms with van der Waals surface area (Å²) in [5.74, 6) is -1.47. The first-order valence-corrected chi connectivity index (χ1v) is 10.5. The molecular formula is C22H26FN3O3. The van der Waals surface area contributed by atoms with E-state index < -0.39 is 17.3 Å². The van der Waals surface area contributed by atoms with Crippen LogP contribution in [0.4, 0.5) is 10.1 Å². The zero-order chi connectivity index (χ0) is 20.3. The van der Waals surface area contributed by atoms with Crippen molar-refractivity contribution in [3.05, 3.63) is 45.1 Å². The van der Waals surface area contributed by atoms with Gasteiger partial charge in [-0.15, -0.1) is 0 Å². The van der Waals surface area contributed by atoms with Crippen LogP contribution >= 0.6 is 0 Å². The fourth-order valence-electron chi connectivity index (χ4n) is 5.38. The van der Waals surface area contributed by atoms with Crippen molar-refractivity contribution in [2.24, 2.45) is 5.41 Å². The number of carbonyl (C=O) groups is 1. The highest BCUT2D eigenvalue weighted by atomic mass is 19.1. The Kier molecular flexibility index (Phi) is 4.21. The van der Waals surface area contributed by atoms with Crippen molar-refractivity contribution >= 4 is 17.2 Å². The maximum Gasteiger partial charge on any atom is 0.341 e. The first-order chi connectivity index (χ1) is 13.9. The first-order valence-electron chi connectivity index (χ1n) is 10.5. The maximum absolute atomic E-state index is 15.3. The molecule has 3 fully saturated rings. The van der Waals surface area contributed by atoms with E-state index in [1.807, 2.05) is 6.92 Å². The van der Waals surface area contributed by atoms with Crippen LogP contribution in [0.3, 0.4) is 0 Å². The van der Waals surface area contributed by atoms with Crippen LogP contribution in [0.5, 0.6) is 0 Å². The largest absolute Gasteiger partial charge is 0.477 e. The number of carboxylic acids is 1. The smallest absolute Gasteiger partial charge is 0.341 e. The van der Waals surface area contributed by atoms with Gasteiger partial charge < -0.3 is 15.3 Å². The Morgan fingerprint density at radius 2 is 2.00 bits per heavy atom. The SMILES string of the molecule is Cc1c(N2CCC3(CCNCC3)C2)c(F)cn2c(=O)c(C(=O)O)cc(C3CC3)c12. The molecule has 6 nitrogen and oxygen atoms in total. The van der Waals surface area contributed by atoms with Crippen molar-refractivity contribution < 1.29 is 14.3 Å². The number of anilines is 1. The highest BCUT2D eigenvalue weighted by molar-refractivity contribution is 5.89. The number of pyridine rings is 2. The average Bonchev–Trinajstić information content (AvgIpc) is 3.46. The average molecular weight is 399 g/mol. The lowest BCUT2D eigenvalue weighted by Gasteiger charge is -2.34. The molecule has 2 aliphatic heterocycles. The summed E-state index contributed by atoms with van der Waals surface area (Å²) in [5.41, 5.74) is 2.15. The van der Waals surface area contributed by atoms with Crippen molar-refractivity contribution in [2.75, 3.05) is 31.1 Å². The van der Waals surface area contributed by atoms with E-state index in [0.717, 1.165) is 69.4 Å². The molecule has 2 saturated heterocycles. The Bertz CT molecular complexity index is 1070. The number of aryl methyl sites for hydroxylation is 1. The predicted octanol–water partition coefficient (Wildman–Crippen LogP) is 2.90. The fourth-order valence-corrected chi connectivity index (χ4v) is 5.38. The summed E-state index contributed by atoms with van der Waals surface area (Å²) in [6.45, 7) is 5.52. The lowest BCUT2D eigenvalue weighted by atomic mass is 9.78. The summed E-state index contributed by atoms with van der Waals surface area (Å²) in [5, 5.41) is 12.8. The molecule has 2 N–H and O–H groups in total. The summed E-state index contributed by atoms with van der Waals surface area (Å²) >= 11 is 0. The number of fused-ring (bicyclic) bond motifs is 1. The Labute approximate surface area is 168 Å². The van der Waals surface area contributed by atoms with E-state index in [9.17, 15) is 14.7 Å². The van der Waals surface area contributed by atoms with Crippen LogP contribution in [0.15, 0.2) is 17.1 Å². The number of halogens is 1. The Hall–Kier alpha value is -2.41. The molecule has 1 spiro atoms. The minimum absolute atomic E-state index is 0.239. The van der Waals surface area contributed by atoms with Crippen molar-refractivity contribution in [3.63, 3.8) is 0 Å². The van der Waals surface area contributed by atoms with Crippen LogP contribution in [0.2, 0.25) is 0 Å². The molecule has 3 aliphatic rings. The van der Waals surface area contributed by atoms with Gasteiger partial charge in [0.05, 0.1) is 17.4 Å². The van der Waals surface area contributed by atoms with Crippen molar-refractivity contribution in [1.82, 2.24) is 9.72 Å². The van der Waals surface area contributed by atoms with E-state index in [1.165, 1.54) is 16.7 Å². The van der Waals surface area contributed by atoms with Gasteiger partial charge in [0.25, 0.3) is 5.56 Å². The lowest BCUT2D eigenvalue weighted by molar-refractivity contribution is 0.0694. The molecule has 4 heterocycles. The summed E-state index contributed by atoms with van der Waals surface area (Å²) in [6, 6.07) is 1.52. The standard InChI is InChI=1S/C22H26FN3O3/c1-13-18-15(14-2-3-14)10-16(21(28)29)20(27)26(18)11-17(23)19(13)25-9-6-22(12-25)4-7-24-8-5-22/h10-11,14,24H,2-9,12H2,1H3,(H,28,29). The van der Waals surface area contributed by atoms with Crippen LogP contribution in [-0.4, -0.2) is 41.7 Å². The number of nitrogens with one attached hydrogen (secondary N) is 1. The number of piperidine rings is 1. The molecular weight excluding hydrogens is 373 g/mol. The minimum Gasteiger partial charge on any atom is -0.477 e. The van der Waals surface area contributed by atoms with E-state index in [4.69, 9.17) is 0 Å². The monoisotopic (exact) mass is 399 g/mol. The zero-order valence-corrected chi connectivity index (χ0v) is 16.6. The third-order valence-electron chi connectivity index (χ3n) is 7.11. The van der Waals surface area contributed by atoms with Crippen LogP contribution in [0.25, 0.3) is 5.52 Å². The molecule has 5 rings (SSSR count). The van der Waals surface area contributed by atoms with Gasteiger partial charge in [0, 0.05) is 13.1 Å². The summed E-state index contributed by atoms with van der Waals surface area (Å²) in [7, 11) is 0. The van der Waals surface area contributed by atoms with Gasteiger partial charge in [-0.3, -0.25) is 9.20 Å². The number of hydrogen-bond acceptors (Lipinski definition) is 4. The molecule has 154 valence electrons. The molecule has 0 radical (unpaired) electrons. The van der Waals surface area contributed by atoms with E-state index in [2.05, 4.69) is 10.2 Å². The van der Waals surface area contributed by atoms with Gasteiger partial charge in [0.1, 0.15) is 5.56 Å². The molecule has 0 atom stereocenters. The van der Waals surface area contributed by atoms with E-state index in [1.54, 1.807) is 0 Å². The molecule has 2 aromatic heterocycles. The number of aromatic nitrogens is 1. The second-order valence-electron chi connectivity index (χ2n) is 8.99. The molecule has 0 amide bonds. The number of rotatable bonds is 3. The summed E-state index contributed by atoms with van der Waals surface area (Å²) < 4.78 is 16.5. The fraction of sp³-hybridized carbons (Fsp3) is 0.545. The molecule has 7 heteroatoms. The molecule has 0 aromatic carbocycles. The third-order valence-corrected chi connectivity index (χ3v) is 7.11. The molecule has 2 aromatic rings. The molecule has 0 bridgehead atoms. The summed E-state index contributed by atoms with van der Waals surface area (Å²) in [6.07, 6.45) is 6.40. The van der Waals surface area contributed by atoms with Gasteiger partial charge in [-0.05, 0) is 80.6 Å². The highest BCUT2D eigenvalue weighted by Gasteiger charge is 2.40. The van der Waals surface area contributed by atoms with E-state index >= 15 is 4.39 Å². The lowest BCUT2D eigenvalue weighted by Crippen LogP contribution is -2.39. The van der Waals surface area contributed by atoms with Crippen molar-refractivity contribution in [3.8, 4) is 0 Å². The third kappa shape index (κ3) is 2.94. The van der Waals surface area contributed by atoms with Gasteiger partial charge in [0.2, 0.25) is 0 Å². The topological polar surface area (TPSA) is 74.0 Å². The predicted molar refractivity (Wildman–Crippen MR) is 109 cm³/mol. The summed E-state index contributed by atoms with van der Waals surface area (Å²) in [4.78, 5) is 26.4. The molecule has 29 heavy (non-hydrogen) atoms. The van der Waals surface area contributed by atoms with Gasteiger partial charge in [-0.1, -0.05) is 0 Å². The van der Waals surface area contributed by atoms with Crippen molar-refractivity contribution in [2.45, 2.75) is 44.9 Å². The van der Waals surface area contributed by atoms with Gasteiger partial charge >= 0.3 is 5.97 Å². The second kappa shape index (κ2) is 6.55. The van der Waals surface area contributed by atoms with Gasteiger partial charge in [0.15, 0.2) is 5.82 Å². The first kappa shape index (κ1) is 18.6. The molecule has 0 unspecified atom stereocenters. The van der Waals surface area contributed by atoms with Crippen LogP contribution in [-0.2, 0) is 0 Å². The Morgan fingerprint density at radius 3 is 2.66 bits per heavy atom. The van der Waals surface area contributed by atoms with Crippen LogP contribution < -0.4 is 15.8 Å². The Morgan fingerprint density at radius 1 is 1.28 bits per heavy atom. The number of hydrogen-bond donors (Lipinski definition) is 2. The second-order valence-corrected chi connectivity index (χ2v) is 8.99. The highest BCUT2D eigenvalue weighted by Crippen LogP contribution is 2.46.